The third-order valence-electron chi connectivity index (χ3n) is 7.39. The number of alkyl halides is 3. The van der Waals surface area contributed by atoms with Gasteiger partial charge >= 0.3 is 6.18 Å². The van der Waals surface area contributed by atoms with E-state index in [9.17, 15) is 21.6 Å². The number of aromatic nitrogens is 3. The van der Waals surface area contributed by atoms with Crippen LogP contribution >= 0.6 is 0 Å². The zero-order valence-corrected chi connectivity index (χ0v) is 21.0. The van der Waals surface area contributed by atoms with Crippen LogP contribution < -0.4 is 4.90 Å². The molecular weight excluding hydrogens is 529 g/mol. The predicted molar refractivity (Wildman–Crippen MR) is 130 cm³/mol. The number of sulfonamides is 1. The SMILES string of the molecule is O=S1(=O)[C@H](c2ccccc2)CCC(C(F)(F)F)N1Cc1cc(F)c(N2CCC(n3cnnc3)CC2)cc1F. The molecule has 2 atom stereocenters. The Morgan fingerprint density at radius 2 is 1.55 bits per heavy atom. The van der Waals surface area contributed by atoms with Crippen molar-refractivity contribution in [3.63, 3.8) is 0 Å². The second kappa shape index (κ2) is 10.3. The van der Waals surface area contributed by atoms with E-state index in [0.717, 1.165) is 12.1 Å². The number of anilines is 1. The van der Waals surface area contributed by atoms with Crippen LogP contribution in [0, 0.1) is 11.6 Å². The number of rotatable bonds is 5. The number of piperidine rings is 1. The van der Waals surface area contributed by atoms with Gasteiger partial charge in [0.2, 0.25) is 10.0 Å². The zero-order chi connectivity index (χ0) is 27.1. The molecule has 1 aromatic heterocycles. The van der Waals surface area contributed by atoms with Gasteiger partial charge in [0.05, 0.1) is 5.69 Å². The Balaban J connectivity index is 1.40. The van der Waals surface area contributed by atoms with Crippen LogP contribution in [0.15, 0.2) is 55.1 Å². The van der Waals surface area contributed by atoms with Gasteiger partial charge in [-0.25, -0.2) is 17.2 Å². The van der Waals surface area contributed by atoms with Crippen molar-refractivity contribution in [1.82, 2.24) is 19.1 Å². The maximum Gasteiger partial charge on any atom is 0.405 e. The fraction of sp³-hybridized carbons (Fsp3) is 0.440. The van der Waals surface area contributed by atoms with Crippen molar-refractivity contribution < 1.29 is 30.4 Å². The van der Waals surface area contributed by atoms with E-state index in [-0.39, 0.29) is 22.5 Å². The molecule has 0 bridgehead atoms. The summed E-state index contributed by atoms with van der Waals surface area (Å²) < 4.78 is 101. The Morgan fingerprint density at radius 3 is 2.18 bits per heavy atom. The predicted octanol–water partition coefficient (Wildman–Crippen LogP) is 5.00. The molecule has 5 rings (SSSR count). The van der Waals surface area contributed by atoms with Crippen molar-refractivity contribution in [3.8, 4) is 0 Å². The third kappa shape index (κ3) is 5.13. The van der Waals surface area contributed by atoms with Gasteiger partial charge in [-0.2, -0.15) is 17.5 Å². The van der Waals surface area contributed by atoms with Gasteiger partial charge in [-0.05, 0) is 37.3 Å². The summed E-state index contributed by atoms with van der Waals surface area (Å²) in [5, 5.41) is 6.36. The minimum atomic E-state index is -4.86. The number of halogens is 5. The maximum atomic E-state index is 15.2. The fourth-order valence-corrected chi connectivity index (χ4v) is 7.55. The van der Waals surface area contributed by atoms with E-state index in [1.807, 2.05) is 4.57 Å². The number of nitrogens with zero attached hydrogens (tertiary/aromatic N) is 5. The Bertz CT molecular complexity index is 1360. The van der Waals surface area contributed by atoms with Gasteiger partial charge in [0.15, 0.2) is 0 Å². The van der Waals surface area contributed by atoms with E-state index in [2.05, 4.69) is 10.2 Å². The second-order valence-corrected chi connectivity index (χ2v) is 11.7. The minimum Gasteiger partial charge on any atom is -0.369 e. The lowest BCUT2D eigenvalue weighted by atomic mass is 10.0. The molecule has 2 saturated heterocycles. The zero-order valence-electron chi connectivity index (χ0n) is 20.2. The lowest BCUT2D eigenvalue weighted by molar-refractivity contribution is -0.176. The average molecular weight is 556 g/mol. The molecule has 0 spiro atoms. The second-order valence-electron chi connectivity index (χ2n) is 9.65. The summed E-state index contributed by atoms with van der Waals surface area (Å²) in [6.45, 7) is -0.0729. The largest absolute Gasteiger partial charge is 0.405 e. The van der Waals surface area contributed by atoms with E-state index >= 15 is 8.78 Å². The highest BCUT2D eigenvalue weighted by Gasteiger charge is 2.53. The molecule has 3 aromatic rings. The van der Waals surface area contributed by atoms with Gasteiger partial charge in [0.25, 0.3) is 0 Å². The minimum absolute atomic E-state index is 0.00973. The van der Waals surface area contributed by atoms with E-state index in [1.165, 1.54) is 12.1 Å². The number of hydrogen-bond acceptors (Lipinski definition) is 5. The van der Waals surface area contributed by atoms with Crippen LogP contribution in [0.4, 0.5) is 27.6 Å². The highest BCUT2D eigenvalue weighted by Crippen LogP contribution is 2.43. The van der Waals surface area contributed by atoms with Gasteiger partial charge in [-0.1, -0.05) is 30.3 Å². The van der Waals surface area contributed by atoms with Gasteiger partial charge in [-0.15, -0.1) is 10.2 Å². The van der Waals surface area contributed by atoms with E-state index in [1.54, 1.807) is 35.8 Å². The Hall–Kier alpha value is -3.06. The molecule has 7 nitrogen and oxygen atoms in total. The molecular formula is C25H26F5N5O2S. The highest BCUT2D eigenvalue weighted by molar-refractivity contribution is 7.89. The van der Waals surface area contributed by atoms with Gasteiger partial charge in [-0.3, -0.25) is 0 Å². The lowest BCUT2D eigenvalue weighted by Gasteiger charge is -2.40. The van der Waals surface area contributed by atoms with Crippen LogP contribution in [0.25, 0.3) is 0 Å². The third-order valence-corrected chi connectivity index (χ3v) is 9.66. The molecule has 0 radical (unpaired) electrons. The summed E-state index contributed by atoms with van der Waals surface area (Å²) in [7, 11) is -4.53. The van der Waals surface area contributed by atoms with Crippen molar-refractivity contribution in [2.45, 2.75) is 55.7 Å². The molecule has 0 aliphatic carbocycles. The van der Waals surface area contributed by atoms with E-state index in [4.69, 9.17) is 0 Å². The summed E-state index contributed by atoms with van der Waals surface area (Å²) in [4.78, 5) is 1.67. The summed E-state index contributed by atoms with van der Waals surface area (Å²) in [5.74, 6) is -1.78. The molecule has 204 valence electrons. The van der Waals surface area contributed by atoms with E-state index in [0.29, 0.717) is 31.5 Å². The molecule has 3 heterocycles. The van der Waals surface area contributed by atoms with E-state index < -0.39 is 57.7 Å². The van der Waals surface area contributed by atoms with Crippen LogP contribution in [-0.4, -0.2) is 52.8 Å². The van der Waals surface area contributed by atoms with Crippen molar-refractivity contribution in [2.75, 3.05) is 18.0 Å². The molecule has 13 heteroatoms. The first-order valence-electron chi connectivity index (χ1n) is 12.2. The van der Waals surface area contributed by atoms with Gasteiger partial charge < -0.3 is 9.47 Å². The Kier molecular flexibility index (Phi) is 7.16. The topological polar surface area (TPSA) is 71.3 Å². The summed E-state index contributed by atoms with van der Waals surface area (Å²) in [6.07, 6.45) is -1.10. The molecule has 2 fully saturated rings. The Labute approximate surface area is 216 Å². The smallest absolute Gasteiger partial charge is 0.369 e. The first-order chi connectivity index (χ1) is 18.1. The molecule has 0 saturated carbocycles. The van der Waals surface area contributed by atoms with Crippen LogP contribution in [0.1, 0.15) is 48.1 Å². The molecule has 0 amide bonds. The van der Waals surface area contributed by atoms with Crippen molar-refractivity contribution >= 4 is 15.7 Å². The van der Waals surface area contributed by atoms with Crippen molar-refractivity contribution in [2.24, 2.45) is 0 Å². The molecule has 2 aromatic carbocycles. The summed E-state index contributed by atoms with van der Waals surface area (Å²) in [5.41, 5.74) is -0.100. The van der Waals surface area contributed by atoms with Crippen LogP contribution in [0.2, 0.25) is 0 Å². The molecule has 2 aliphatic rings. The van der Waals surface area contributed by atoms with Gasteiger partial charge in [0, 0.05) is 37.3 Å². The number of hydrogen-bond donors (Lipinski definition) is 0. The summed E-state index contributed by atoms with van der Waals surface area (Å²) >= 11 is 0. The monoisotopic (exact) mass is 555 g/mol. The fourth-order valence-electron chi connectivity index (χ4n) is 5.39. The standard InChI is InChI=1S/C25H26F5N5O2S/c26-20-13-22(33-10-8-19(9-11-33)34-15-31-32-16-34)21(27)12-18(20)14-35-24(25(28,29)30)7-6-23(38(35,36)37)17-4-2-1-3-5-17/h1-5,12-13,15-16,19,23-24H,6-11,14H2/t23-,24?/m0/s1. The molecule has 1 unspecified atom stereocenters. The quantitative estimate of drug-likeness (QED) is 0.415. The van der Waals surface area contributed by atoms with Crippen LogP contribution in [-0.2, 0) is 16.6 Å². The van der Waals surface area contributed by atoms with Crippen LogP contribution in [0.3, 0.4) is 0 Å². The van der Waals surface area contributed by atoms with Crippen molar-refractivity contribution in [3.05, 3.63) is 77.9 Å². The first-order valence-corrected chi connectivity index (χ1v) is 13.8. The normalized spacial score (nSPS) is 23.0. The van der Waals surface area contributed by atoms with Gasteiger partial charge in [0.1, 0.15) is 35.6 Å². The summed E-state index contributed by atoms with van der Waals surface area (Å²) in [6, 6.07) is 7.50. The molecule has 0 N–H and O–H groups in total. The molecule has 38 heavy (non-hydrogen) atoms. The van der Waals surface area contributed by atoms with Crippen LogP contribution in [0.5, 0.6) is 0 Å². The highest BCUT2D eigenvalue weighted by atomic mass is 32.2. The first kappa shape index (κ1) is 26.5. The number of benzene rings is 2. The van der Waals surface area contributed by atoms with Crippen molar-refractivity contribution in [1.29, 1.82) is 0 Å². The Morgan fingerprint density at radius 1 is 0.895 bits per heavy atom. The average Bonchev–Trinajstić information content (AvgIpc) is 3.42. The molecule has 2 aliphatic heterocycles. The maximum absolute atomic E-state index is 15.2. The lowest BCUT2D eigenvalue weighted by Crippen LogP contribution is -2.52.